The molecule has 0 saturated heterocycles. The molecule has 24 heavy (non-hydrogen) atoms. The first-order chi connectivity index (χ1) is 10.3. The van der Waals surface area contributed by atoms with E-state index in [1.807, 2.05) is 75.7 Å². The SMILES string of the molecule is C.C.CN(C)c1ccc(N)cc1.CSc1cc(N(C)C)ccc1N. The third-order valence-electron chi connectivity index (χ3n) is 3.14. The molecule has 0 spiro atoms. The summed E-state index contributed by atoms with van der Waals surface area (Å²) in [6.45, 7) is 0. The summed E-state index contributed by atoms with van der Waals surface area (Å²) in [6, 6.07) is 13.9. The highest BCUT2D eigenvalue weighted by Gasteiger charge is 2.00. The van der Waals surface area contributed by atoms with E-state index in [-0.39, 0.29) is 14.9 Å². The van der Waals surface area contributed by atoms with E-state index in [2.05, 4.69) is 11.0 Å². The Morgan fingerprint density at radius 2 is 1.21 bits per heavy atom. The fourth-order valence-electron chi connectivity index (χ4n) is 1.75. The molecule has 0 amide bonds. The van der Waals surface area contributed by atoms with Crippen molar-refractivity contribution in [2.45, 2.75) is 19.7 Å². The normalized spacial score (nSPS) is 8.88. The van der Waals surface area contributed by atoms with Gasteiger partial charge in [0.15, 0.2) is 0 Å². The van der Waals surface area contributed by atoms with E-state index in [0.29, 0.717) is 0 Å². The van der Waals surface area contributed by atoms with Gasteiger partial charge in [0.05, 0.1) is 0 Å². The molecule has 0 unspecified atom stereocenters. The van der Waals surface area contributed by atoms with Crippen LogP contribution in [-0.4, -0.2) is 34.4 Å². The highest BCUT2D eigenvalue weighted by Crippen LogP contribution is 2.26. The van der Waals surface area contributed by atoms with Gasteiger partial charge in [-0.05, 0) is 48.7 Å². The van der Waals surface area contributed by atoms with Crippen LogP contribution in [0.2, 0.25) is 0 Å². The smallest absolute Gasteiger partial charge is 0.0453 e. The Morgan fingerprint density at radius 3 is 1.62 bits per heavy atom. The molecule has 0 aliphatic heterocycles. The van der Waals surface area contributed by atoms with Gasteiger partial charge in [-0.1, -0.05) is 14.9 Å². The number of nitrogen functional groups attached to an aromatic ring is 2. The van der Waals surface area contributed by atoms with E-state index in [1.165, 1.54) is 11.4 Å². The minimum Gasteiger partial charge on any atom is -0.399 e. The van der Waals surface area contributed by atoms with Crippen molar-refractivity contribution in [1.82, 2.24) is 0 Å². The lowest BCUT2D eigenvalue weighted by molar-refractivity contribution is 1.12. The summed E-state index contributed by atoms with van der Waals surface area (Å²) >= 11 is 1.68. The molecular weight excluding hydrogens is 316 g/mol. The zero-order chi connectivity index (χ0) is 16.7. The maximum absolute atomic E-state index is 5.76. The predicted molar refractivity (Wildman–Crippen MR) is 116 cm³/mol. The number of nitrogens with two attached hydrogens (primary N) is 2. The topological polar surface area (TPSA) is 58.5 Å². The molecule has 4 nitrogen and oxygen atoms in total. The van der Waals surface area contributed by atoms with Crippen molar-refractivity contribution in [2.24, 2.45) is 0 Å². The van der Waals surface area contributed by atoms with Gasteiger partial charge >= 0.3 is 0 Å². The number of anilines is 4. The van der Waals surface area contributed by atoms with Crippen LogP contribution in [0.15, 0.2) is 47.4 Å². The molecule has 0 aromatic heterocycles. The van der Waals surface area contributed by atoms with E-state index in [0.717, 1.165) is 16.3 Å². The Bertz CT molecular complexity index is 580. The van der Waals surface area contributed by atoms with Gasteiger partial charge in [0.2, 0.25) is 0 Å². The number of thioether (sulfide) groups is 1. The summed E-state index contributed by atoms with van der Waals surface area (Å²) in [6.07, 6.45) is 2.03. The number of benzene rings is 2. The molecule has 136 valence electrons. The molecule has 2 rings (SSSR count). The van der Waals surface area contributed by atoms with Crippen molar-refractivity contribution in [3.63, 3.8) is 0 Å². The second-order valence-corrected chi connectivity index (χ2v) is 6.15. The minimum atomic E-state index is 0. The van der Waals surface area contributed by atoms with Crippen LogP contribution in [0.25, 0.3) is 0 Å². The van der Waals surface area contributed by atoms with Gasteiger partial charge in [-0.2, -0.15) is 0 Å². The van der Waals surface area contributed by atoms with Crippen LogP contribution in [0.1, 0.15) is 14.9 Å². The van der Waals surface area contributed by atoms with Crippen molar-refractivity contribution < 1.29 is 0 Å². The summed E-state index contributed by atoms with van der Waals surface area (Å²) in [5.74, 6) is 0. The Labute approximate surface area is 152 Å². The average Bonchev–Trinajstić information content (AvgIpc) is 2.48. The third kappa shape index (κ3) is 7.51. The third-order valence-corrected chi connectivity index (χ3v) is 3.94. The van der Waals surface area contributed by atoms with E-state index in [9.17, 15) is 0 Å². The molecule has 2 aromatic carbocycles. The summed E-state index contributed by atoms with van der Waals surface area (Å²) in [7, 11) is 8.06. The van der Waals surface area contributed by atoms with Crippen LogP contribution in [0.5, 0.6) is 0 Å². The zero-order valence-electron chi connectivity index (χ0n) is 14.0. The molecule has 4 N–H and O–H groups in total. The predicted octanol–water partition coefficient (Wildman–Crippen LogP) is 4.66. The van der Waals surface area contributed by atoms with E-state index >= 15 is 0 Å². The van der Waals surface area contributed by atoms with E-state index in [4.69, 9.17) is 11.5 Å². The molecule has 0 heterocycles. The summed E-state index contributed by atoms with van der Waals surface area (Å²) in [5.41, 5.74) is 15.3. The maximum atomic E-state index is 5.76. The Morgan fingerprint density at radius 1 is 0.750 bits per heavy atom. The second kappa shape index (κ2) is 11.5. The first-order valence-electron chi connectivity index (χ1n) is 6.99. The highest BCUT2D eigenvalue weighted by molar-refractivity contribution is 7.98. The van der Waals surface area contributed by atoms with Crippen LogP contribution >= 0.6 is 11.8 Å². The molecule has 0 radical (unpaired) electrons. The standard InChI is InChI=1S/C9H14N2S.C8H12N2.2CH4/c1-11(2)7-4-5-8(10)9(6-7)12-3;1-10(2)8-5-3-7(9)4-6-8;;/h4-6H,10H2,1-3H3;3-6H,9H2,1-2H3;2*1H4. The monoisotopic (exact) mass is 350 g/mol. The molecule has 0 bridgehead atoms. The molecule has 0 saturated carbocycles. The highest BCUT2D eigenvalue weighted by atomic mass is 32.2. The van der Waals surface area contributed by atoms with Crippen molar-refractivity contribution in [2.75, 3.05) is 55.7 Å². The van der Waals surface area contributed by atoms with E-state index < -0.39 is 0 Å². The lowest BCUT2D eigenvalue weighted by atomic mass is 10.3. The second-order valence-electron chi connectivity index (χ2n) is 5.31. The lowest BCUT2D eigenvalue weighted by Crippen LogP contribution is -2.08. The van der Waals surface area contributed by atoms with E-state index in [1.54, 1.807) is 11.8 Å². The summed E-state index contributed by atoms with van der Waals surface area (Å²) in [4.78, 5) is 5.25. The number of rotatable bonds is 3. The molecule has 0 aliphatic rings. The van der Waals surface area contributed by atoms with Gasteiger partial charge in [0.1, 0.15) is 0 Å². The number of nitrogens with zero attached hydrogens (tertiary/aromatic N) is 2. The molecule has 0 fully saturated rings. The van der Waals surface area contributed by atoms with Gasteiger partial charge in [-0.25, -0.2) is 0 Å². The van der Waals surface area contributed by atoms with Crippen LogP contribution in [0.3, 0.4) is 0 Å². The fourth-order valence-corrected chi connectivity index (χ4v) is 2.29. The minimum absolute atomic E-state index is 0. The quantitative estimate of drug-likeness (QED) is 0.622. The Hall–Kier alpha value is -2.01. The molecule has 0 aliphatic carbocycles. The van der Waals surface area contributed by atoms with Gasteiger partial charge in [0, 0.05) is 55.8 Å². The van der Waals surface area contributed by atoms with Crippen LogP contribution in [0.4, 0.5) is 22.7 Å². The van der Waals surface area contributed by atoms with Crippen molar-refractivity contribution in [3.8, 4) is 0 Å². The molecule has 5 heteroatoms. The average molecular weight is 351 g/mol. The first kappa shape index (κ1) is 24.2. The van der Waals surface area contributed by atoms with Gasteiger partial charge < -0.3 is 21.3 Å². The number of hydrogen-bond acceptors (Lipinski definition) is 5. The molecule has 2 aromatic rings. The molecule has 0 atom stereocenters. The van der Waals surface area contributed by atoms with Crippen molar-refractivity contribution in [1.29, 1.82) is 0 Å². The molecular formula is C19H34N4S. The van der Waals surface area contributed by atoms with Gasteiger partial charge in [-0.15, -0.1) is 11.8 Å². The lowest BCUT2D eigenvalue weighted by Gasteiger charge is -2.14. The van der Waals surface area contributed by atoms with Crippen LogP contribution in [0, 0.1) is 0 Å². The Balaban J connectivity index is 0. The van der Waals surface area contributed by atoms with Gasteiger partial charge in [-0.3, -0.25) is 0 Å². The first-order valence-corrected chi connectivity index (χ1v) is 8.21. The zero-order valence-corrected chi connectivity index (χ0v) is 14.8. The number of hydrogen-bond donors (Lipinski definition) is 2. The fraction of sp³-hybridized carbons (Fsp3) is 0.368. The van der Waals surface area contributed by atoms with Gasteiger partial charge in [0.25, 0.3) is 0 Å². The van der Waals surface area contributed by atoms with Crippen LogP contribution < -0.4 is 21.3 Å². The Kier molecular flexibility index (Phi) is 11.6. The van der Waals surface area contributed by atoms with Crippen molar-refractivity contribution in [3.05, 3.63) is 42.5 Å². The summed E-state index contributed by atoms with van der Waals surface area (Å²) < 4.78 is 0. The van der Waals surface area contributed by atoms with Crippen LogP contribution in [-0.2, 0) is 0 Å². The largest absolute Gasteiger partial charge is 0.399 e. The maximum Gasteiger partial charge on any atom is 0.0453 e. The van der Waals surface area contributed by atoms with Crippen molar-refractivity contribution >= 4 is 34.5 Å². The summed E-state index contributed by atoms with van der Waals surface area (Å²) in [5, 5.41) is 0.